The summed E-state index contributed by atoms with van der Waals surface area (Å²) in [5.74, 6) is 0.213. The molecule has 1 aromatic carbocycles. The van der Waals surface area contributed by atoms with Crippen LogP contribution in [0, 0.1) is 0 Å². The molecule has 0 radical (unpaired) electrons. The number of nitrogens with two attached hydrogens (primary N) is 1. The van der Waals surface area contributed by atoms with Crippen LogP contribution in [0.1, 0.15) is 0 Å². The SMILES string of the molecule is NC(=O)COCCNCC(O)COc1ccc(Br)cc1. The average molecular weight is 347 g/mol. The van der Waals surface area contributed by atoms with Gasteiger partial charge in [0.15, 0.2) is 0 Å². The van der Waals surface area contributed by atoms with Crippen molar-refractivity contribution in [1.29, 1.82) is 0 Å². The number of carbonyl (C=O) groups excluding carboxylic acids is 1. The minimum atomic E-state index is -0.616. The van der Waals surface area contributed by atoms with Gasteiger partial charge in [-0.2, -0.15) is 0 Å². The number of carbonyl (C=O) groups is 1. The molecule has 0 fully saturated rings. The number of aliphatic hydroxyl groups excluding tert-OH is 1. The molecule has 1 atom stereocenters. The van der Waals surface area contributed by atoms with Gasteiger partial charge in [0, 0.05) is 17.6 Å². The number of halogens is 1. The van der Waals surface area contributed by atoms with E-state index in [9.17, 15) is 9.90 Å². The number of nitrogens with one attached hydrogen (secondary N) is 1. The highest BCUT2D eigenvalue weighted by Crippen LogP contribution is 2.16. The molecule has 0 aliphatic carbocycles. The molecule has 4 N–H and O–H groups in total. The standard InChI is InChI=1S/C13H19BrN2O4/c14-10-1-3-12(4-2-10)20-8-11(17)7-16-5-6-19-9-13(15)18/h1-4,11,16-17H,5-9H2,(H2,15,18). The fourth-order valence-corrected chi connectivity index (χ4v) is 1.63. The zero-order valence-corrected chi connectivity index (χ0v) is 12.6. The highest BCUT2D eigenvalue weighted by molar-refractivity contribution is 9.10. The van der Waals surface area contributed by atoms with Crippen molar-refractivity contribution >= 4 is 21.8 Å². The lowest BCUT2D eigenvalue weighted by atomic mass is 10.3. The Hall–Kier alpha value is -1.15. The Morgan fingerprint density at radius 3 is 2.75 bits per heavy atom. The van der Waals surface area contributed by atoms with Crippen molar-refractivity contribution in [2.75, 3.05) is 32.9 Å². The van der Waals surface area contributed by atoms with Gasteiger partial charge in [-0.25, -0.2) is 0 Å². The van der Waals surface area contributed by atoms with Crippen LogP contribution >= 0.6 is 15.9 Å². The molecule has 1 amide bonds. The van der Waals surface area contributed by atoms with E-state index in [4.69, 9.17) is 15.2 Å². The molecule has 0 aliphatic heterocycles. The summed E-state index contributed by atoms with van der Waals surface area (Å²) in [5.41, 5.74) is 4.92. The summed E-state index contributed by atoms with van der Waals surface area (Å²) >= 11 is 3.33. The van der Waals surface area contributed by atoms with E-state index in [1.54, 1.807) is 0 Å². The molecule has 0 saturated carbocycles. The van der Waals surface area contributed by atoms with Crippen LogP contribution in [-0.4, -0.2) is 50.0 Å². The van der Waals surface area contributed by atoms with Crippen molar-refractivity contribution in [3.8, 4) is 5.75 Å². The smallest absolute Gasteiger partial charge is 0.243 e. The first-order chi connectivity index (χ1) is 9.58. The summed E-state index contributed by atoms with van der Waals surface area (Å²) in [5, 5.41) is 12.7. The lowest BCUT2D eigenvalue weighted by Crippen LogP contribution is -2.33. The van der Waals surface area contributed by atoms with E-state index in [0.29, 0.717) is 25.4 Å². The Balaban J connectivity index is 2.04. The molecule has 7 heteroatoms. The second kappa shape index (κ2) is 9.71. The third-order valence-electron chi connectivity index (χ3n) is 2.30. The van der Waals surface area contributed by atoms with Crippen LogP contribution in [0.25, 0.3) is 0 Å². The van der Waals surface area contributed by atoms with E-state index < -0.39 is 12.0 Å². The Bertz CT molecular complexity index is 400. The fraction of sp³-hybridized carbons (Fsp3) is 0.462. The first-order valence-electron chi connectivity index (χ1n) is 6.21. The Kier molecular flexibility index (Phi) is 8.20. The summed E-state index contributed by atoms with van der Waals surface area (Å²) in [6, 6.07) is 7.38. The summed E-state index contributed by atoms with van der Waals surface area (Å²) in [6.07, 6.45) is -0.616. The maximum Gasteiger partial charge on any atom is 0.243 e. The third-order valence-corrected chi connectivity index (χ3v) is 2.83. The Morgan fingerprint density at radius 2 is 2.10 bits per heavy atom. The molecule has 1 unspecified atom stereocenters. The summed E-state index contributed by atoms with van der Waals surface area (Å²) in [4.78, 5) is 10.4. The van der Waals surface area contributed by atoms with Gasteiger partial charge in [0.1, 0.15) is 25.1 Å². The van der Waals surface area contributed by atoms with Crippen LogP contribution in [0.2, 0.25) is 0 Å². The Morgan fingerprint density at radius 1 is 1.40 bits per heavy atom. The maximum atomic E-state index is 10.4. The van der Waals surface area contributed by atoms with Gasteiger partial charge in [-0.05, 0) is 24.3 Å². The molecule has 0 aromatic heterocycles. The number of amides is 1. The van der Waals surface area contributed by atoms with Gasteiger partial charge in [0.2, 0.25) is 5.91 Å². The van der Waals surface area contributed by atoms with Gasteiger partial charge >= 0.3 is 0 Å². The second-order valence-electron chi connectivity index (χ2n) is 4.14. The zero-order valence-electron chi connectivity index (χ0n) is 11.0. The highest BCUT2D eigenvalue weighted by atomic mass is 79.9. The molecule has 0 aliphatic rings. The number of rotatable bonds is 10. The Labute approximate surface area is 126 Å². The van der Waals surface area contributed by atoms with Gasteiger partial charge in [0.25, 0.3) is 0 Å². The molecule has 1 aromatic rings. The van der Waals surface area contributed by atoms with Crippen molar-refractivity contribution in [3.05, 3.63) is 28.7 Å². The number of hydrogen-bond acceptors (Lipinski definition) is 5. The third kappa shape index (κ3) is 8.11. The van der Waals surface area contributed by atoms with E-state index in [-0.39, 0.29) is 13.2 Å². The summed E-state index contributed by atoms with van der Waals surface area (Å²) < 4.78 is 11.4. The topological polar surface area (TPSA) is 93.8 Å². The molecule has 0 saturated heterocycles. The summed E-state index contributed by atoms with van der Waals surface area (Å²) in [7, 11) is 0. The van der Waals surface area contributed by atoms with Crippen LogP contribution in [0.3, 0.4) is 0 Å². The normalized spacial score (nSPS) is 12.1. The zero-order chi connectivity index (χ0) is 14.8. The number of ether oxygens (including phenoxy) is 2. The molecule has 20 heavy (non-hydrogen) atoms. The number of benzene rings is 1. The van der Waals surface area contributed by atoms with E-state index >= 15 is 0 Å². The van der Waals surface area contributed by atoms with Crippen molar-refractivity contribution in [2.24, 2.45) is 5.73 Å². The lowest BCUT2D eigenvalue weighted by Gasteiger charge is -2.13. The fourth-order valence-electron chi connectivity index (χ4n) is 1.37. The molecule has 0 bridgehead atoms. The quantitative estimate of drug-likeness (QED) is 0.529. The maximum absolute atomic E-state index is 10.4. The van der Waals surface area contributed by atoms with E-state index in [1.165, 1.54) is 0 Å². The lowest BCUT2D eigenvalue weighted by molar-refractivity contribution is -0.122. The van der Waals surface area contributed by atoms with Crippen LogP contribution in [0.5, 0.6) is 5.75 Å². The van der Waals surface area contributed by atoms with E-state index in [1.807, 2.05) is 24.3 Å². The molecule has 0 heterocycles. The van der Waals surface area contributed by atoms with Crippen LogP contribution < -0.4 is 15.8 Å². The van der Waals surface area contributed by atoms with Gasteiger partial charge in [-0.15, -0.1) is 0 Å². The van der Waals surface area contributed by atoms with Crippen LogP contribution in [0.4, 0.5) is 0 Å². The van der Waals surface area contributed by atoms with E-state index in [0.717, 1.165) is 4.47 Å². The summed E-state index contributed by atoms with van der Waals surface area (Å²) in [6.45, 7) is 1.40. The van der Waals surface area contributed by atoms with Gasteiger partial charge < -0.3 is 25.6 Å². The number of hydrogen-bond donors (Lipinski definition) is 3. The highest BCUT2D eigenvalue weighted by Gasteiger charge is 2.04. The first-order valence-corrected chi connectivity index (χ1v) is 7.00. The number of aliphatic hydroxyl groups is 1. The minimum Gasteiger partial charge on any atom is -0.491 e. The average Bonchev–Trinajstić information content (AvgIpc) is 2.41. The van der Waals surface area contributed by atoms with Crippen LogP contribution in [0.15, 0.2) is 28.7 Å². The van der Waals surface area contributed by atoms with Crippen LogP contribution in [-0.2, 0) is 9.53 Å². The van der Waals surface area contributed by atoms with Crippen molar-refractivity contribution < 1.29 is 19.4 Å². The van der Waals surface area contributed by atoms with Crippen molar-refractivity contribution in [3.63, 3.8) is 0 Å². The molecule has 0 spiro atoms. The monoisotopic (exact) mass is 346 g/mol. The first kappa shape index (κ1) is 16.9. The molecule has 1 rings (SSSR count). The number of primary amides is 1. The van der Waals surface area contributed by atoms with Gasteiger partial charge in [0.05, 0.1) is 6.61 Å². The second-order valence-corrected chi connectivity index (χ2v) is 5.06. The molecular weight excluding hydrogens is 328 g/mol. The van der Waals surface area contributed by atoms with E-state index in [2.05, 4.69) is 21.2 Å². The van der Waals surface area contributed by atoms with Gasteiger partial charge in [-0.3, -0.25) is 4.79 Å². The molecule has 6 nitrogen and oxygen atoms in total. The van der Waals surface area contributed by atoms with Crippen molar-refractivity contribution in [2.45, 2.75) is 6.10 Å². The predicted molar refractivity (Wildman–Crippen MR) is 78.5 cm³/mol. The largest absolute Gasteiger partial charge is 0.491 e. The van der Waals surface area contributed by atoms with Crippen molar-refractivity contribution in [1.82, 2.24) is 5.32 Å². The predicted octanol–water partition coefficient (Wildman–Crippen LogP) is 0.280. The molecular formula is C13H19BrN2O4. The molecule has 112 valence electrons. The van der Waals surface area contributed by atoms with Gasteiger partial charge in [-0.1, -0.05) is 15.9 Å². The minimum absolute atomic E-state index is 0.0864.